The van der Waals surface area contributed by atoms with Crippen molar-refractivity contribution in [2.75, 3.05) is 0 Å². The number of primary amides is 1. The molecule has 0 aliphatic heterocycles. The molecule has 2 rings (SSSR count). The van der Waals surface area contributed by atoms with Crippen LogP contribution in [0.1, 0.15) is 20.8 Å². The van der Waals surface area contributed by atoms with Crippen LogP contribution in [0.25, 0.3) is 6.08 Å². The predicted molar refractivity (Wildman–Crippen MR) is 45.6 cm³/mol. The molecule has 0 spiro atoms. The summed E-state index contributed by atoms with van der Waals surface area (Å²) < 4.78 is 0. The van der Waals surface area contributed by atoms with E-state index in [-0.39, 0.29) is 5.91 Å². The summed E-state index contributed by atoms with van der Waals surface area (Å²) in [5.74, 6) is -0.317. The molecule has 1 amide bonds. The van der Waals surface area contributed by atoms with Gasteiger partial charge in [-0.1, -0.05) is 12.2 Å². The molecule has 1 aromatic rings. The van der Waals surface area contributed by atoms with Crippen molar-refractivity contribution in [3.63, 3.8) is 0 Å². The van der Waals surface area contributed by atoms with Crippen molar-refractivity contribution in [3.8, 4) is 0 Å². The maximum atomic E-state index is 10.8. The molecule has 0 saturated carbocycles. The fourth-order valence-electron chi connectivity index (χ4n) is 1.24. The van der Waals surface area contributed by atoms with Gasteiger partial charge >= 0.3 is 0 Å². The van der Waals surface area contributed by atoms with Crippen LogP contribution in [-0.4, -0.2) is 5.91 Å². The molecular formula is C8H7NOS. The zero-order chi connectivity index (χ0) is 7.84. The molecule has 2 N–H and O–H groups in total. The molecule has 1 aliphatic carbocycles. The molecule has 0 atom stereocenters. The van der Waals surface area contributed by atoms with Gasteiger partial charge in [-0.15, -0.1) is 11.3 Å². The first kappa shape index (κ1) is 6.61. The minimum Gasteiger partial charge on any atom is -0.365 e. The minimum absolute atomic E-state index is 0.317. The number of carbonyl (C=O) groups is 1. The van der Waals surface area contributed by atoms with E-state index in [1.165, 1.54) is 16.9 Å². The zero-order valence-corrected chi connectivity index (χ0v) is 6.65. The summed E-state index contributed by atoms with van der Waals surface area (Å²) in [4.78, 5) is 11.5. The Kier molecular flexibility index (Phi) is 1.32. The van der Waals surface area contributed by atoms with E-state index in [9.17, 15) is 4.79 Å². The number of hydrogen-bond acceptors (Lipinski definition) is 2. The van der Waals surface area contributed by atoms with E-state index in [1.807, 2.05) is 17.5 Å². The van der Waals surface area contributed by atoms with E-state index in [4.69, 9.17) is 5.73 Å². The molecule has 56 valence electrons. The van der Waals surface area contributed by atoms with Crippen molar-refractivity contribution in [1.82, 2.24) is 0 Å². The molecule has 11 heavy (non-hydrogen) atoms. The molecule has 0 fully saturated rings. The molecule has 1 aromatic heterocycles. The number of carbonyl (C=O) groups excluding carboxylic acids is 1. The van der Waals surface area contributed by atoms with Crippen LogP contribution in [0.4, 0.5) is 0 Å². The predicted octanol–water partition coefficient (Wildman–Crippen LogP) is 1.42. The van der Waals surface area contributed by atoms with Crippen LogP contribution in [0, 0.1) is 0 Å². The number of fused-ring (bicyclic) bond motifs is 1. The third kappa shape index (κ3) is 0.886. The van der Waals surface area contributed by atoms with Crippen molar-refractivity contribution in [3.05, 3.63) is 27.5 Å². The van der Waals surface area contributed by atoms with Crippen LogP contribution in [0.15, 0.2) is 11.5 Å². The Labute approximate surface area is 68.3 Å². The van der Waals surface area contributed by atoms with E-state index in [0.29, 0.717) is 4.88 Å². The average molecular weight is 165 g/mol. The molecule has 0 radical (unpaired) electrons. The molecule has 0 unspecified atom stereocenters. The lowest BCUT2D eigenvalue weighted by Gasteiger charge is -1.90. The molecule has 0 bridgehead atoms. The largest absolute Gasteiger partial charge is 0.365 e. The fourth-order valence-corrected chi connectivity index (χ4v) is 2.16. The van der Waals surface area contributed by atoms with Crippen LogP contribution in [0.2, 0.25) is 0 Å². The van der Waals surface area contributed by atoms with Crippen molar-refractivity contribution >= 4 is 23.3 Å². The Morgan fingerprint density at radius 2 is 2.45 bits per heavy atom. The number of hydrogen-bond donors (Lipinski definition) is 1. The third-order valence-corrected chi connectivity index (χ3v) is 2.81. The van der Waals surface area contributed by atoms with Crippen molar-refractivity contribution < 1.29 is 4.79 Å². The second kappa shape index (κ2) is 2.20. The molecule has 1 aliphatic rings. The first-order valence-electron chi connectivity index (χ1n) is 3.36. The Morgan fingerprint density at radius 1 is 1.64 bits per heavy atom. The van der Waals surface area contributed by atoms with Gasteiger partial charge in [0.2, 0.25) is 0 Å². The molecule has 3 heteroatoms. The quantitative estimate of drug-likeness (QED) is 0.671. The van der Waals surface area contributed by atoms with Gasteiger partial charge < -0.3 is 5.73 Å². The van der Waals surface area contributed by atoms with Gasteiger partial charge in [0, 0.05) is 5.56 Å². The van der Waals surface area contributed by atoms with Gasteiger partial charge in [0.15, 0.2) is 0 Å². The van der Waals surface area contributed by atoms with Crippen LogP contribution in [0.5, 0.6) is 0 Å². The van der Waals surface area contributed by atoms with Crippen molar-refractivity contribution in [1.29, 1.82) is 0 Å². The number of thiophene rings is 1. The number of nitrogens with two attached hydrogens (primary N) is 1. The van der Waals surface area contributed by atoms with E-state index in [2.05, 4.69) is 0 Å². The SMILES string of the molecule is NC(=O)c1scc2c1C=CC2. The smallest absolute Gasteiger partial charge is 0.259 e. The molecule has 2 nitrogen and oxygen atoms in total. The lowest BCUT2D eigenvalue weighted by molar-refractivity contribution is 0.100. The van der Waals surface area contributed by atoms with Gasteiger partial charge in [-0.25, -0.2) is 0 Å². The summed E-state index contributed by atoms with van der Waals surface area (Å²) in [7, 11) is 0. The summed E-state index contributed by atoms with van der Waals surface area (Å²) in [5, 5.41) is 2.00. The number of rotatable bonds is 1. The summed E-state index contributed by atoms with van der Waals surface area (Å²) in [6, 6.07) is 0. The lowest BCUT2D eigenvalue weighted by atomic mass is 10.2. The minimum atomic E-state index is -0.317. The maximum Gasteiger partial charge on any atom is 0.259 e. The van der Waals surface area contributed by atoms with Gasteiger partial charge in [0.25, 0.3) is 5.91 Å². The summed E-state index contributed by atoms with van der Waals surface area (Å²) in [5.41, 5.74) is 7.42. The Bertz CT molecular complexity index is 338. The van der Waals surface area contributed by atoms with Gasteiger partial charge in [0.1, 0.15) is 0 Å². The normalized spacial score (nSPS) is 13.5. The summed E-state index contributed by atoms with van der Waals surface area (Å²) in [6.45, 7) is 0. The molecule has 0 aromatic carbocycles. The monoisotopic (exact) mass is 165 g/mol. The van der Waals surface area contributed by atoms with E-state index < -0.39 is 0 Å². The van der Waals surface area contributed by atoms with Crippen LogP contribution in [0.3, 0.4) is 0 Å². The van der Waals surface area contributed by atoms with Crippen molar-refractivity contribution in [2.24, 2.45) is 5.73 Å². The third-order valence-electron chi connectivity index (χ3n) is 1.76. The topological polar surface area (TPSA) is 43.1 Å². The Hall–Kier alpha value is -1.09. The lowest BCUT2D eigenvalue weighted by Crippen LogP contribution is -2.09. The number of amides is 1. The first-order chi connectivity index (χ1) is 5.29. The van der Waals surface area contributed by atoms with E-state index >= 15 is 0 Å². The van der Waals surface area contributed by atoms with Crippen LogP contribution in [-0.2, 0) is 6.42 Å². The Morgan fingerprint density at radius 3 is 3.18 bits per heavy atom. The summed E-state index contributed by atoms with van der Waals surface area (Å²) >= 11 is 1.43. The highest BCUT2D eigenvalue weighted by molar-refractivity contribution is 7.12. The van der Waals surface area contributed by atoms with Gasteiger partial charge in [0.05, 0.1) is 4.88 Å². The van der Waals surface area contributed by atoms with Crippen LogP contribution >= 0.6 is 11.3 Å². The zero-order valence-electron chi connectivity index (χ0n) is 5.83. The fraction of sp³-hybridized carbons (Fsp3) is 0.125. The second-order valence-corrected chi connectivity index (χ2v) is 3.35. The Balaban J connectivity index is 2.58. The molecule has 0 saturated heterocycles. The van der Waals surface area contributed by atoms with Crippen molar-refractivity contribution in [2.45, 2.75) is 6.42 Å². The second-order valence-electron chi connectivity index (χ2n) is 2.47. The van der Waals surface area contributed by atoms with Gasteiger partial charge in [-0.3, -0.25) is 4.79 Å². The summed E-state index contributed by atoms with van der Waals surface area (Å²) in [6.07, 6.45) is 4.95. The number of allylic oxidation sites excluding steroid dienone is 1. The molecule has 1 heterocycles. The van der Waals surface area contributed by atoms with Gasteiger partial charge in [-0.05, 0) is 17.4 Å². The average Bonchev–Trinajstić information content (AvgIpc) is 2.41. The maximum absolute atomic E-state index is 10.8. The van der Waals surface area contributed by atoms with Gasteiger partial charge in [-0.2, -0.15) is 0 Å². The highest BCUT2D eigenvalue weighted by Crippen LogP contribution is 2.28. The van der Waals surface area contributed by atoms with Crippen LogP contribution < -0.4 is 5.73 Å². The highest BCUT2D eigenvalue weighted by atomic mass is 32.1. The molecular weight excluding hydrogens is 158 g/mol. The van der Waals surface area contributed by atoms with E-state index in [1.54, 1.807) is 0 Å². The van der Waals surface area contributed by atoms with E-state index in [0.717, 1.165) is 12.0 Å². The standard InChI is InChI=1S/C8H7NOS/c9-8(10)7-6-3-1-2-5(6)4-11-7/h1,3-4H,2H2,(H2,9,10). The highest BCUT2D eigenvalue weighted by Gasteiger charge is 2.15. The first-order valence-corrected chi connectivity index (χ1v) is 4.23.